The number of nitrogens with zero attached hydrogens (tertiary/aromatic N) is 4. The largest absolute Gasteiger partial charge is 0.506 e. The summed E-state index contributed by atoms with van der Waals surface area (Å²) in [6.45, 7) is 11.6. The van der Waals surface area contributed by atoms with Gasteiger partial charge in [0, 0.05) is 56.2 Å². The lowest BCUT2D eigenvalue weighted by molar-refractivity contribution is -0.192. The van der Waals surface area contributed by atoms with Crippen LogP contribution in [-0.4, -0.2) is 137 Å². The zero-order valence-electron chi connectivity index (χ0n) is 33.4. The van der Waals surface area contributed by atoms with Gasteiger partial charge in [-0.2, -0.15) is 13.2 Å². The molecule has 0 atom stereocenters. The van der Waals surface area contributed by atoms with Crippen LogP contribution < -0.4 is 10.2 Å². The molecule has 328 valence electrons. The number of rotatable bonds is 16. The Kier molecular flexibility index (Phi) is 16.9. The first-order valence-electron chi connectivity index (χ1n) is 19.6. The molecular formula is C40H50ClF3N6O8S2. The van der Waals surface area contributed by atoms with E-state index in [0.29, 0.717) is 94.6 Å². The standard InChI is InChI=1S/C38H49ClN6O6S2.C2HF3O2/c1-3-44(17-14-40-13-8-28-5-7-32(46)34-35(28)53-37(49)42-34)33(47)10-20-50-19-9-29-22-27(4-6-30(29)39)23-43-15-11-38(12-16-43)25-45(18-21-51-38)36(48)31-24-52-26(2)41-31;3-2(4,5)1(6)7/h4-7,22,24,40,46H,3,8-21,23,25H2,1-2H3,(H,42,49);(H,6,7). The molecule has 4 aromatic rings. The van der Waals surface area contributed by atoms with Gasteiger partial charge in [0.15, 0.2) is 0 Å². The molecule has 2 aromatic heterocycles. The van der Waals surface area contributed by atoms with Crippen LogP contribution in [0.1, 0.15) is 58.4 Å². The minimum Gasteiger partial charge on any atom is -0.506 e. The molecule has 6 rings (SSSR count). The van der Waals surface area contributed by atoms with Crippen LogP contribution in [0.4, 0.5) is 13.2 Å². The number of alkyl halides is 3. The number of carboxylic acid groups (broad SMARTS) is 1. The number of piperidine rings is 1. The molecule has 60 heavy (non-hydrogen) atoms. The molecule has 4 heterocycles. The van der Waals surface area contributed by atoms with Crippen LogP contribution in [0.3, 0.4) is 0 Å². The molecule has 0 unspecified atom stereocenters. The van der Waals surface area contributed by atoms with Crippen molar-refractivity contribution >= 4 is 62.3 Å². The number of thiazole rings is 2. The lowest BCUT2D eigenvalue weighted by atomic mass is 9.89. The number of aromatic nitrogens is 2. The van der Waals surface area contributed by atoms with Gasteiger partial charge in [-0.15, -0.1) is 11.3 Å². The Morgan fingerprint density at radius 2 is 1.85 bits per heavy atom. The number of hydrogen-bond donors (Lipinski definition) is 4. The predicted molar refractivity (Wildman–Crippen MR) is 223 cm³/mol. The van der Waals surface area contributed by atoms with Gasteiger partial charge in [-0.1, -0.05) is 41.1 Å². The lowest BCUT2D eigenvalue weighted by Gasteiger charge is -2.47. The van der Waals surface area contributed by atoms with Gasteiger partial charge in [0.2, 0.25) is 5.91 Å². The zero-order chi connectivity index (χ0) is 43.5. The van der Waals surface area contributed by atoms with E-state index in [9.17, 15) is 32.7 Å². The van der Waals surface area contributed by atoms with Crippen molar-refractivity contribution in [1.82, 2.24) is 30.0 Å². The van der Waals surface area contributed by atoms with Gasteiger partial charge in [-0.05, 0) is 74.9 Å². The first kappa shape index (κ1) is 46.9. The van der Waals surface area contributed by atoms with E-state index >= 15 is 0 Å². The van der Waals surface area contributed by atoms with Crippen molar-refractivity contribution in [1.29, 1.82) is 0 Å². The van der Waals surface area contributed by atoms with E-state index in [0.717, 1.165) is 64.6 Å². The zero-order valence-corrected chi connectivity index (χ0v) is 35.8. The Hall–Kier alpha value is -4.11. The summed E-state index contributed by atoms with van der Waals surface area (Å²) in [7, 11) is 0. The third-order valence-corrected chi connectivity index (χ3v) is 12.5. The first-order chi connectivity index (χ1) is 28.6. The summed E-state index contributed by atoms with van der Waals surface area (Å²) < 4.78 is 44.7. The van der Waals surface area contributed by atoms with Gasteiger partial charge >= 0.3 is 17.0 Å². The summed E-state index contributed by atoms with van der Waals surface area (Å²) in [5, 5.41) is 24.0. The van der Waals surface area contributed by atoms with Crippen LogP contribution in [0, 0.1) is 6.92 Å². The fraction of sp³-hybridized carbons (Fsp3) is 0.525. The van der Waals surface area contributed by atoms with Crippen molar-refractivity contribution < 1.29 is 47.2 Å². The second kappa shape index (κ2) is 21.6. The number of H-pyrrole nitrogens is 1. The molecule has 2 aliphatic rings. The monoisotopic (exact) mass is 898 g/mol. The highest BCUT2D eigenvalue weighted by Gasteiger charge is 2.41. The van der Waals surface area contributed by atoms with Crippen LogP contribution in [0.2, 0.25) is 5.02 Å². The quantitative estimate of drug-likeness (QED) is 0.105. The van der Waals surface area contributed by atoms with Gasteiger partial charge in [-0.25, -0.2) is 9.78 Å². The van der Waals surface area contributed by atoms with Crippen molar-refractivity contribution in [2.75, 3.05) is 72.2 Å². The number of ether oxygens (including phenoxy) is 2. The topological polar surface area (TPSA) is 178 Å². The van der Waals surface area contributed by atoms with Crippen molar-refractivity contribution in [3.63, 3.8) is 0 Å². The SMILES string of the molecule is CCN(CCNCCc1ccc(O)c2[nH]c(=O)sc12)C(=O)CCOCCc1cc(CN2CCC3(CC2)CN(C(=O)c2csc(C)n2)CCO3)ccc1Cl.O=C(O)C(F)(F)F. The van der Waals surface area contributed by atoms with Crippen molar-refractivity contribution in [2.24, 2.45) is 0 Å². The highest BCUT2D eigenvalue weighted by Crippen LogP contribution is 2.32. The minimum atomic E-state index is -5.08. The maximum absolute atomic E-state index is 13.1. The number of phenols is 1. The number of carbonyl (C=O) groups excluding carboxylic acids is 2. The van der Waals surface area contributed by atoms with Crippen molar-refractivity contribution in [3.8, 4) is 5.75 Å². The number of hydrogen-bond acceptors (Lipinski definition) is 12. The molecule has 20 heteroatoms. The number of aryl methyl sites for hydroxylation is 1. The number of fused-ring (bicyclic) bond motifs is 1. The molecule has 2 amide bonds. The normalized spacial score (nSPS) is 15.5. The maximum atomic E-state index is 13.1. The molecule has 2 aliphatic heterocycles. The predicted octanol–water partition coefficient (Wildman–Crippen LogP) is 5.48. The number of likely N-dealkylation sites (tertiary alicyclic amines) is 1. The molecule has 2 fully saturated rings. The number of phenolic OH excluding ortho intramolecular Hbond substituents is 1. The van der Waals surface area contributed by atoms with Gasteiger partial charge in [0.25, 0.3) is 5.91 Å². The van der Waals surface area contributed by atoms with E-state index in [1.165, 1.54) is 16.9 Å². The second-order valence-corrected chi connectivity index (χ2v) is 17.0. The number of aliphatic carboxylic acids is 1. The molecule has 1 spiro atoms. The van der Waals surface area contributed by atoms with E-state index in [1.54, 1.807) is 6.07 Å². The van der Waals surface area contributed by atoms with Gasteiger partial charge in [0.1, 0.15) is 17.0 Å². The number of likely N-dealkylation sites (N-methyl/N-ethyl adjacent to an activating group) is 1. The third kappa shape index (κ3) is 13.2. The Morgan fingerprint density at radius 1 is 1.10 bits per heavy atom. The number of carboxylic acids is 1. The van der Waals surface area contributed by atoms with E-state index < -0.39 is 12.1 Å². The van der Waals surface area contributed by atoms with E-state index in [1.807, 2.05) is 41.2 Å². The number of benzene rings is 2. The van der Waals surface area contributed by atoms with Crippen LogP contribution in [0.15, 0.2) is 40.5 Å². The Bertz CT molecular complexity index is 2140. The fourth-order valence-electron chi connectivity index (χ4n) is 7.13. The number of morpholine rings is 1. The molecule has 2 saturated heterocycles. The summed E-state index contributed by atoms with van der Waals surface area (Å²) >= 11 is 9.18. The van der Waals surface area contributed by atoms with Crippen molar-refractivity contribution in [2.45, 2.75) is 64.3 Å². The van der Waals surface area contributed by atoms with Crippen LogP contribution in [0.5, 0.6) is 5.75 Å². The third-order valence-electron chi connectivity index (χ3n) is 10.4. The summed E-state index contributed by atoms with van der Waals surface area (Å²) in [6, 6.07) is 9.64. The van der Waals surface area contributed by atoms with Gasteiger partial charge in [0.05, 0.1) is 48.1 Å². The molecular weight excluding hydrogens is 849 g/mol. The van der Waals surface area contributed by atoms with Crippen molar-refractivity contribution in [3.05, 3.63) is 77.8 Å². The van der Waals surface area contributed by atoms with E-state index in [4.69, 9.17) is 31.0 Å². The first-order valence-corrected chi connectivity index (χ1v) is 21.7. The molecule has 4 N–H and O–H groups in total. The van der Waals surface area contributed by atoms with E-state index in [-0.39, 0.29) is 28.0 Å². The van der Waals surface area contributed by atoms with Gasteiger partial charge < -0.3 is 39.8 Å². The minimum absolute atomic E-state index is 0.00304. The Balaban J connectivity index is 0.000000896. The average Bonchev–Trinajstić information content (AvgIpc) is 3.84. The summed E-state index contributed by atoms with van der Waals surface area (Å²) in [4.78, 5) is 59.7. The second-order valence-electron chi connectivity index (χ2n) is 14.6. The smallest absolute Gasteiger partial charge is 0.490 e. The highest BCUT2D eigenvalue weighted by atomic mass is 35.5. The highest BCUT2D eigenvalue weighted by molar-refractivity contribution is 7.16. The number of carbonyl (C=O) groups is 3. The summed E-state index contributed by atoms with van der Waals surface area (Å²) in [5.41, 5.74) is 3.94. The fourth-order valence-corrected chi connectivity index (χ4v) is 8.83. The molecule has 2 aromatic carbocycles. The maximum Gasteiger partial charge on any atom is 0.490 e. The number of amides is 2. The number of aromatic hydroxyl groups is 1. The van der Waals surface area contributed by atoms with E-state index in [2.05, 4.69) is 32.3 Å². The number of aromatic amines is 1. The van der Waals surface area contributed by atoms with Gasteiger partial charge in [-0.3, -0.25) is 19.3 Å². The number of nitrogens with one attached hydrogen (secondary N) is 2. The Labute approximate surface area is 358 Å². The molecule has 0 aliphatic carbocycles. The molecule has 0 saturated carbocycles. The molecule has 0 radical (unpaired) electrons. The summed E-state index contributed by atoms with van der Waals surface area (Å²) in [5.74, 6) is -2.62. The van der Waals surface area contributed by atoms with Crippen LogP contribution in [-0.2, 0) is 38.4 Å². The lowest BCUT2D eigenvalue weighted by Crippen LogP contribution is -2.58. The molecule has 0 bridgehead atoms. The number of halogens is 4. The van der Waals surface area contributed by atoms with Crippen LogP contribution in [0.25, 0.3) is 10.2 Å². The Morgan fingerprint density at radius 3 is 2.53 bits per heavy atom. The molecule has 14 nitrogen and oxygen atoms in total. The average molecular weight is 899 g/mol. The van der Waals surface area contributed by atoms with Crippen LogP contribution >= 0.6 is 34.3 Å². The summed E-state index contributed by atoms with van der Waals surface area (Å²) in [6.07, 6.45) is -1.66.